The van der Waals surface area contributed by atoms with Gasteiger partial charge in [0.15, 0.2) is 0 Å². The zero-order valence-electron chi connectivity index (χ0n) is 20.5. The molecule has 3 heterocycles. The molecule has 36 heavy (non-hydrogen) atoms. The molecule has 1 N–H and O–H groups in total. The fourth-order valence-electron chi connectivity index (χ4n) is 4.21. The number of aliphatic hydroxyl groups excluding tert-OH is 1. The third kappa shape index (κ3) is 5.36. The predicted molar refractivity (Wildman–Crippen MR) is 132 cm³/mol. The van der Waals surface area contributed by atoms with Gasteiger partial charge in [-0.3, -0.25) is 14.6 Å². The number of pyridine rings is 2. The van der Waals surface area contributed by atoms with Gasteiger partial charge in [-0.1, -0.05) is 19.1 Å². The molecule has 0 saturated heterocycles. The van der Waals surface area contributed by atoms with E-state index in [0.717, 1.165) is 5.56 Å². The van der Waals surface area contributed by atoms with Gasteiger partial charge in [0.25, 0.3) is 11.8 Å². The molecular formula is C27H29FN4O4. The smallest absolute Gasteiger partial charge is 0.259 e. The first kappa shape index (κ1) is 25.2. The van der Waals surface area contributed by atoms with Crippen LogP contribution in [-0.4, -0.2) is 75.6 Å². The topological polar surface area (TPSA) is 95.9 Å². The molecule has 3 atom stereocenters. The highest BCUT2D eigenvalue weighted by molar-refractivity contribution is 5.98. The van der Waals surface area contributed by atoms with Crippen LogP contribution in [0.5, 0.6) is 5.88 Å². The molecule has 0 spiro atoms. The van der Waals surface area contributed by atoms with E-state index in [-0.39, 0.29) is 47.9 Å². The summed E-state index contributed by atoms with van der Waals surface area (Å²) >= 11 is 0. The molecule has 9 heteroatoms. The van der Waals surface area contributed by atoms with Gasteiger partial charge in [-0.15, -0.1) is 0 Å². The van der Waals surface area contributed by atoms with Crippen molar-refractivity contribution in [1.29, 1.82) is 0 Å². The highest BCUT2D eigenvalue weighted by atomic mass is 19.1. The van der Waals surface area contributed by atoms with Crippen LogP contribution in [0.3, 0.4) is 0 Å². The van der Waals surface area contributed by atoms with Gasteiger partial charge in [0.05, 0.1) is 19.2 Å². The van der Waals surface area contributed by atoms with E-state index in [0.29, 0.717) is 12.1 Å². The van der Waals surface area contributed by atoms with Gasteiger partial charge in [0.2, 0.25) is 5.88 Å². The number of aromatic nitrogens is 2. The summed E-state index contributed by atoms with van der Waals surface area (Å²) in [5.41, 5.74) is 2.02. The van der Waals surface area contributed by atoms with Crippen LogP contribution in [0.15, 0.2) is 61.1 Å². The number of hydrogen-bond donors (Lipinski definition) is 1. The van der Waals surface area contributed by atoms with Crippen LogP contribution < -0.4 is 4.74 Å². The molecule has 0 bridgehead atoms. The van der Waals surface area contributed by atoms with Gasteiger partial charge in [0, 0.05) is 54.8 Å². The standard InChI is InChI=1S/C27H29FN4O4/c1-17-14-32(18(2)16-33)27(35)23-11-21(20-7-5-9-29-12-20)13-30-25(23)36-24(17)15-31(3)26(34)19-6-4-8-22(28)10-19/h4-13,17-18,24,33H,14-16H2,1-3H3/t17-,18+,24+/m0/s1. The van der Waals surface area contributed by atoms with E-state index in [2.05, 4.69) is 9.97 Å². The summed E-state index contributed by atoms with van der Waals surface area (Å²) in [5.74, 6) is -1.16. The second-order valence-electron chi connectivity index (χ2n) is 9.14. The monoisotopic (exact) mass is 492 g/mol. The van der Waals surface area contributed by atoms with Crippen molar-refractivity contribution in [1.82, 2.24) is 19.8 Å². The summed E-state index contributed by atoms with van der Waals surface area (Å²) in [6, 6.07) is 10.5. The molecule has 1 aliphatic rings. The maximum atomic E-state index is 13.7. The third-order valence-electron chi connectivity index (χ3n) is 6.39. The predicted octanol–water partition coefficient (Wildman–Crippen LogP) is 3.28. The number of amides is 2. The van der Waals surface area contributed by atoms with Crippen LogP contribution in [-0.2, 0) is 0 Å². The molecule has 2 amide bonds. The molecule has 0 unspecified atom stereocenters. The molecule has 3 aromatic rings. The largest absolute Gasteiger partial charge is 0.472 e. The molecule has 0 aliphatic carbocycles. The van der Waals surface area contributed by atoms with E-state index in [9.17, 15) is 19.1 Å². The van der Waals surface area contributed by atoms with Crippen molar-refractivity contribution in [3.05, 3.63) is 78.0 Å². The van der Waals surface area contributed by atoms with Crippen LogP contribution in [0.4, 0.5) is 4.39 Å². The summed E-state index contributed by atoms with van der Waals surface area (Å²) in [4.78, 5) is 38.2. The number of nitrogens with zero attached hydrogens (tertiary/aromatic N) is 4. The number of halogens is 1. The summed E-state index contributed by atoms with van der Waals surface area (Å²) in [5, 5.41) is 9.83. The molecule has 0 fully saturated rings. The van der Waals surface area contributed by atoms with Crippen molar-refractivity contribution in [2.45, 2.75) is 26.0 Å². The second kappa shape index (κ2) is 10.8. The van der Waals surface area contributed by atoms with Crippen molar-refractivity contribution in [3.8, 4) is 17.0 Å². The zero-order valence-corrected chi connectivity index (χ0v) is 20.5. The maximum Gasteiger partial charge on any atom is 0.259 e. The average molecular weight is 493 g/mol. The first-order valence-corrected chi connectivity index (χ1v) is 11.8. The van der Waals surface area contributed by atoms with Gasteiger partial charge in [-0.25, -0.2) is 9.37 Å². The number of carbonyl (C=O) groups excluding carboxylic acids is 2. The fraction of sp³-hybridized carbons (Fsp3) is 0.333. The van der Waals surface area contributed by atoms with E-state index in [4.69, 9.17) is 4.74 Å². The number of benzene rings is 1. The SMILES string of the molecule is C[C@H](CO)N1C[C@H](C)[C@@H](CN(C)C(=O)c2cccc(F)c2)Oc2ncc(-c3cccnc3)cc2C1=O. The first-order valence-electron chi connectivity index (χ1n) is 11.8. The molecule has 4 rings (SSSR count). The Kier molecular flexibility index (Phi) is 7.59. The van der Waals surface area contributed by atoms with Crippen LogP contribution in [0.1, 0.15) is 34.6 Å². The average Bonchev–Trinajstić information content (AvgIpc) is 2.90. The number of likely N-dealkylation sites (N-methyl/N-ethyl adjacent to an activating group) is 1. The van der Waals surface area contributed by atoms with Crippen molar-refractivity contribution in [3.63, 3.8) is 0 Å². The lowest BCUT2D eigenvalue weighted by atomic mass is 9.99. The van der Waals surface area contributed by atoms with E-state index in [1.54, 1.807) is 55.7 Å². The molecule has 188 valence electrons. The second-order valence-corrected chi connectivity index (χ2v) is 9.14. The Morgan fingerprint density at radius 3 is 2.75 bits per heavy atom. The van der Waals surface area contributed by atoms with Gasteiger partial charge in [0.1, 0.15) is 17.5 Å². The Morgan fingerprint density at radius 2 is 2.06 bits per heavy atom. The van der Waals surface area contributed by atoms with Crippen molar-refractivity contribution >= 4 is 11.8 Å². The van der Waals surface area contributed by atoms with Crippen LogP contribution >= 0.6 is 0 Å². The van der Waals surface area contributed by atoms with Gasteiger partial charge < -0.3 is 19.6 Å². The Labute approximate surface area is 209 Å². The lowest BCUT2D eigenvalue weighted by Crippen LogP contribution is -2.50. The Bertz CT molecular complexity index is 1240. The van der Waals surface area contributed by atoms with Gasteiger partial charge in [-0.05, 0) is 37.3 Å². The lowest BCUT2D eigenvalue weighted by molar-refractivity contribution is 0.0313. The lowest BCUT2D eigenvalue weighted by Gasteiger charge is -2.37. The minimum atomic E-state index is -0.510. The number of hydrogen-bond acceptors (Lipinski definition) is 6. The number of ether oxygens (including phenoxy) is 1. The Morgan fingerprint density at radius 1 is 1.25 bits per heavy atom. The Hall–Kier alpha value is -3.85. The minimum Gasteiger partial charge on any atom is -0.472 e. The minimum absolute atomic E-state index is 0.158. The van der Waals surface area contributed by atoms with E-state index in [1.807, 2.05) is 13.0 Å². The third-order valence-corrected chi connectivity index (χ3v) is 6.39. The van der Waals surface area contributed by atoms with Gasteiger partial charge in [-0.2, -0.15) is 0 Å². The van der Waals surface area contributed by atoms with Crippen molar-refractivity contribution < 1.29 is 23.8 Å². The Balaban J connectivity index is 1.67. The normalized spacial score (nSPS) is 18.5. The zero-order chi connectivity index (χ0) is 25.8. The van der Waals surface area contributed by atoms with E-state index < -0.39 is 18.0 Å². The summed E-state index contributed by atoms with van der Waals surface area (Å²) in [6.45, 7) is 4.00. The molecule has 0 radical (unpaired) electrons. The van der Waals surface area contributed by atoms with Crippen LogP contribution in [0, 0.1) is 11.7 Å². The quantitative estimate of drug-likeness (QED) is 0.568. The molecule has 8 nitrogen and oxygen atoms in total. The fourth-order valence-corrected chi connectivity index (χ4v) is 4.21. The highest BCUT2D eigenvalue weighted by Gasteiger charge is 2.35. The maximum absolute atomic E-state index is 13.7. The van der Waals surface area contributed by atoms with E-state index in [1.165, 1.54) is 23.1 Å². The number of rotatable bonds is 6. The number of fused-ring (bicyclic) bond motifs is 1. The molecular weight excluding hydrogens is 463 g/mol. The summed E-state index contributed by atoms with van der Waals surface area (Å²) in [6.07, 6.45) is 4.46. The van der Waals surface area contributed by atoms with Crippen molar-refractivity contribution in [2.75, 3.05) is 26.7 Å². The molecule has 1 aliphatic heterocycles. The van der Waals surface area contributed by atoms with Crippen molar-refractivity contribution in [2.24, 2.45) is 5.92 Å². The molecule has 0 saturated carbocycles. The number of carbonyl (C=O) groups is 2. The molecule has 2 aromatic heterocycles. The van der Waals surface area contributed by atoms with Gasteiger partial charge >= 0.3 is 0 Å². The number of aliphatic hydroxyl groups is 1. The van der Waals surface area contributed by atoms with E-state index >= 15 is 0 Å². The highest BCUT2D eigenvalue weighted by Crippen LogP contribution is 2.30. The van der Waals surface area contributed by atoms with Crippen LogP contribution in [0.25, 0.3) is 11.1 Å². The first-order chi connectivity index (χ1) is 17.3. The molecule has 1 aromatic carbocycles. The summed E-state index contributed by atoms with van der Waals surface area (Å²) < 4.78 is 19.9. The van der Waals surface area contributed by atoms with Crippen LogP contribution in [0.2, 0.25) is 0 Å². The summed E-state index contributed by atoms with van der Waals surface area (Å²) in [7, 11) is 1.63.